The number of alkyl halides is 3. The van der Waals surface area contributed by atoms with E-state index in [4.69, 9.17) is 0 Å². The number of anilines is 2. The maximum Gasteiger partial charge on any atom is 0.433 e. The lowest BCUT2D eigenvalue weighted by Gasteiger charge is -2.31. The minimum atomic E-state index is -4.58. The fourth-order valence-electron chi connectivity index (χ4n) is 3.44. The highest BCUT2D eigenvalue weighted by atomic mass is 19.4. The van der Waals surface area contributed by atoms with Crippen molar-refractivity contribution in [3.8, 4) is 0 Å². The summed E-state index contributed by atoms with van der Waals surface area (Å²) in [5.74, 6) is -0.308. The molecule has 1 aliphatic rings. The summed E-state index contributed by atoms with van der Waals surface area (Å²) in [4.78, 5) is 25.0. The number of H-pyrrole nitrogens is 1. The zero-order chi connectivity index (χ0) is 22.0. The molecule has 0 aromatic carbocycles. The van der Waals surface area contributed by atoms with E-state index >= 15 is 0 Å². The van der Waals surface area contributed by atoms with Gasteiger partial charge in [0.05, 0.1) is 18.0 Å². The van der Waals surface area contributed by atoms with Gasteiger partial charge in [0.15, 0.2) is 0 Å². The molecule has 1 fully saturated rings. The summed E-state index contributed by atoms with van der Waals surface area (Å²) < 4.78 is 39.5. The largest absolute Gasteiger partial charge is 0.433 e. The van der Waals surface area contributed by atoms with Crippen LogP contribution in [-0.2, 0) is 11.0 Å². The van der Waals surface area contributed by atoms with Crippen LogP contribution in [-0.4, -0.2) is 45.2 Å². The lowest BCUT2D eigenvalue weighted by atomic mass is 10.1. The first-order valence-electron chi connectivity index (χ1n) is 9.73. The van der Waals surface area contributed by atoms with Gasteiger partial charge in [-0.2, -0.15) is 13.2 Å². The molecule has 3 N–H and O–H groups in total. The topological polar surface area (TPSA) is 94.1 Å². The number of piperidine rings is 1. The number of nitrogens with zero attached hydrogens (tertiary/aromatic N) is 3. The molecule has 1 aliphatic heterocycles. The number of halogens is 3. The quantitative estimate of drug-likeness (QED) is 0.549. The van der Waals surface area contributed by atoms with Crippen molar-refractivity contribution in [2.24, 2.45) is 0 Å². The highest BCUT2D eigenvalue weighted by Crippen LogP contribution is 2.32. The van der Waals surface area contributed by atoms with Crippen molar-refractivity contribution in [1.29, 1.82) is 0 Å². The normalized spacial score (nSPS) is 15.7. The van der Waals surface area contributed by atoms with Crippen LogP contribution in [0.3, 0.4) is 0 Å². The number of carbonyl (C=O) groups is 1. The molecule has 0 radical (unpaired) electrons. The Balaban J connectivity index is 1.55. The van der Waals surface area contributed by atoms with Gasteiger partial charge in [-0.25, -0.2) is 9.97 Å². The molecule has 0 spiro atoms. The molecule has 1 saturated heterocycles. The van der Waals surface area contributed by atoms with Gasteiger partial charge in [0.25, 0.3) is 0 Å². The molecular formula is C21H20F3N5O2. The second kappa shape index (κ2) is 8.38. The van der Waals surface area contributed by atoms with E-state index in [1.807, 2.05) is 6.07 Å². The van der Waals surface area contributed by atoms with Gasteiger partial charge in [-0.3, -0.25) is 4.79 Å². The molecule has 0 saturated carbocycles. The third-order valence-corrected chi connectivity index (χ3v) is 5.04. The van der Waals surface area contributed by atoms with Gasteiger partial charge >= 0.3 is 6.18 Å². The predicted octanol–water partition coefficient (Wildman–Crippen LogP) is 3.59. The van der Waals surface area contributed by atoms with Crippen LogP contribution < -0.4 is 10.2 Å². The van der Waals surface area contributed by atoms with Crippen molar-refractivity contribution in [2.45, 2.75) is 25.1 Å². The Kier molecular flexibility index (Phi) is 5.64. The van der Waals surface area contributed by atoms with Crippen molar-refractivity contribution < 1.29 is 23.1 Å². The van der Waals surface area contributed by atoms with E-state index in [1.165, 1.54) is 24.4 Å². The maximum absolute atomic E-state index is 13.2. The smallest absolute Gasteiger partial charge is 0.393 e. The molecule has 7 nitrogen and oxygen atoms in total. The Morgan fingerprint density at radius 1 is 1.26 bits per heavy atom. The van der Waals surface area contributed by atoms with E-state index < -0.39 is 23.9 Å². The first-order valence-corrected chi connectivity index (χ1v) is 9.73. The first kappa shape index (κ1) is 20.9. The van der Waals surface area contributed by atoms with Crippen LogP contribution in [0.15, 0.2) is 42.7 Å². The minimum absolute atomic E-state index is 0.140. The van der Waals surface area contributed by atoms with Gasteiger partial charge < -0.3 is 20.3 Å². The molecule has 0 atom stereocenters. The second-order valence-corrected chi connectivity index (χ2v) is 7.29. The number of aliphatic hydroxyl groups excluding tert-OH is 1. The third kappa shape index (κ3) is 4.85. The number of hydrogen-bond donors (Lipinski definition) is 3. The summed E-state index contributed by atoms with van der Waals surface area (Å²) in [7, 11) is 0. The molecule has 0 bridgehead atoms. The van der Waals surface area contributed by atoms with E-state index in [0.29, 0.717) is 42.8 Å². The Labute approximate surface area is 175 Å². The second-order valence-electron chi connectivity index (χ2n) is 7.29. The predicted molar refractivity (Wildman–Crippen MR) is 110 cm³/mol. The van der Waals surface area contributed by atoms with Crippen LogP contribution in [0, 0.1) is 0 Å². The average Bonchev–Trinajstić information content (AvgIpc) is 3.20. The zero-order valence-electron chi connectivity index (χ0n) is 16.4. The van der Waals surface area contributed by atoms with Gasteiger partial charge in [-0.05, 0) is 43.2 Å². The van der Waals surface area contributed by atoms with Crippen LogP contribution in [0.2, 0.25) is 0 Å². The van der Waals surface area contributed by atoms with E-state index in [1.54, 1.807) is 17.2 Å². The van der Waals surface area contributed by atoms with Gasteiger partial charge in [-0.15, -0.1) is 0 Å². The highest BCUT2D eigenvalue weighted by molar-refractivity contribution is 6.03. The first-order chi connectivity index (χ1) is 14.8. The van der Waals surface area contributed by atoms with Crippen LogP contribution in [0.25, 0.3) is 17.1 Å². The summed E-state index contributed by atoms with van der Waals surface area (Å²) >= 11 is 0. The lowest BCUT2D eigenvalue weighted by molar-refractivity contribution is -0.141. The number of carbonyl (C=O) groups excluding carboxylic acids is 1. The van der Waals surface area contributed by atoms with E-state index in [2.05, 4.69) is 20.3 Å². The lowest BCUT2D eigenvalue weighted by Crippen LogP contribution is -2.37. The number of pyridine rings is 2. The maximum atomic E-state index is 13.2. The molecule has 0 aliphatic carbocycles. The standard InChI is InChI=1S/C21H20F3N5O2/c22-21(23,24)17-3-1-13(20(28-17)29-9-6-16(30)7-10-29)2-4-18(31)27-15-11-14-5-8-25-19(14)26-12-15/h1-5,8,11-12,16,30H,6-7,9-10H2,(H,25,26)(H,27,31). The summed E-state index contributed by atoms with van der Waals surface area (Å²) in [5, 5.41) is 13.2. The van der Waals surface area contributed by atoms with Crippen molar-refractivity contribution >= 4 is 34.5 Å². The molecule has 3 aromatic heterocycles. The Bertz CT molecular complexity index is 1120. The zero-order valence-corrected chi connectivity index (χ0v) is 16.4. The molecule has 4 heterocycles. The Hall–Kier alpha value is -3.40. The fraction of sp³-hybridized carbons (Fsp3) is 0.286. The van der Waals surface area contributed by atoms with Gasteiger partial charge in [-0.1, -0.05) is 0 Å². The van der Waals surface area contributed by atoms with Crippen molar-refractivity contribution in [2.75, 3.05) is 23.3 Å². The molecule has 10 heteroatoms. The van der Waals surface area contributed by atoms with Crippen molar-refractivity contribution in [3.05, 3.63) is 54.0 Å². The van der Waals surface area contributed by atoms with Gasteiger partial charge in [0.2, 0.25) is 5.91 Å². The number of rotatable bonds is 4. The van der Waals surface area contributed by atoms with Gasteiger partial charge in [0.1, 0.15) is 17.2 Å². The molecule has 162 valence electrons. The number of fused-ring (bicyclic) bond motifs is 1. The number of hydrogen-bond acceptors (Lipinski definition) is 5. The number of aromatic nitrogens is 3. The average molecular weight is 431 g/mol. The molecule has 1 amide bonds. The molecule has 4 rings (SSSR count). The SMILES string of the molecule is O=C(C=Cc1ccc(C(F)(F)F)nc1N1CCC(O)CC1)Nc1cnc2[nH]ccc2c1. The van der Waals surface area contributed by atoms with E-state index in [0.717, 1.165) is 11.5 Å². The summed E-state index contributed by atoms with van der Waals surface area (Å²) in [6, 6.07) is 5.77. The number of aliphatic hydroxyl groups is 1. The van der Waals surface area contributed by atoms with Gasteiger partial charge in [0, 0.05) is 36.3 Å². The van der Waals surface area contributed by atoms with Crippen LogP contribution in [0.5, 0.6) is 0 Å². The Morgan fingerprint density at radius 3 is 2.77 bits per heavy atom. The number of nitrogens with one attached hydrogen (secondary N) is 2. The minimum Gasteiger partial charge on any atom is -0.393 e. The molecule has 3 aromatic rings. The summed E-state index contributed by atoms with van der Waals surface area (Å²) in [6.07, 6.45) is 1.76. The van der Waals surface area contributed by atoms with Crippen LogP contribution in [0.1, 0.15) is 24.1 Å². The monoisotopic (exact) mass is 431 g/mol. The fourth-order valence-corrected chi connectivity index (χ4v) is 3.44. The molecular weight excluding hydrogens is 411 g/mol. The number of amides is 1. The van der Waals surface area contributed by atoms with Crippen molar-refractivity contribution in [1.82, 2.24) is 15.0 Å². The number of aromatic amines is 1. The van der Waals surface area contributed by atoms with Crippen LogP contribution >= 0.6 is 0 Å². The molecule has 0 unspecified atom stereocenters. The van der Waals surface area contributed by atoms with E-state index in [-0.39, 0.29) is 5.82 Å². The van der Waals surface area contributed by atoms with E-state index in [9.17, 15) is 23.1 Å². The highest BCUT2D eigenvalue weighted by Gasteiger charge is 2.33. The third-order valence-electron chi connectivity index (χ3n) is 5.04. The van der Waals surface area contributed by atoms with Crippen molar-refractivity contribution in [3.63, 3.8) is 0 Å². The van der Waals surface area contributed by atoms with Crippen LogP contribution in [0.4, 0.5) is 24.7 Å². The Morgan fingerprint density at radius 2 is 2.03 bits per heavy atom. The summed E-state index contributed by atoms with van der Waals surface area (Å²) in [5.41, 5.74) is 0.582. The summed E-state index contributed by atoms with van der Waals surface area (Å²) in [6.45, 7) is 0.760. The molecule has 31 heavy (non-hydrogen) atoms.